The van der Waals surface area contributed by atoms with Crippen LogP contribution in [-0.4, -0.2) is 26.5 Å². The summed E-state index contributed by atoms with van der Waals surface area (Å²) < 4.78 is 1.80. The van der Waals surface area contributed by atoms with Crippen molar-refractivity contribution >= 4 is 28.6 Å². The molecule has 2 aromatic carbocycles. The molecule has 0 aliphatic heterocycles. The minimum atomic E-state index is -0.981. The van der Waals surface area contributed by atoms with Crippen molar-refractivity contribution in [3.8, 4) is 0 Å². The fourth-order valence-corrected chi connectivity index (χ4v) is 2.77. The van der Waals surface area contributed by atoms with Gasteiger partial charge in [0.2, 0.25) is 5.91 Å². The van der Waals surface area contributed by atoms with E-state index in [1.807, 2.05) is 25.1 Å². The van der Waals surface area contributed by atoms with E-state index in [0.29, 0.717) is 11.3 Å². The molecule has 0 aliphatic carbocycles. The molecule has 0 bridgehead atoms. The van der Waals surface area contributed by atoms with Crippen molar-refractivity contribution in [1.29, 1.82) is 0 Å². The Bertz CT molecular complexity index is 944. The highest BCUT2D eigenvalue weighted by atomic mass is 16.4. The van der Waals surface area contributed by atoms with Gasteiger partial charge in [0.05, 0.1) is 22.9 Å². The monoisotopic (exact) mass is 323 g/mol. The van der Waals surface area contributed by atoms with E-state index in [4.69, 9.17) is 5.11 Å². The van der Waals surface area contributed by atoms with Crippen molar-refractivity contribution in [2.24, 2.45) is 0 Å². The lowest BCUT2D eigenvalue weighted by molar-refractivity contribution is -0.116. The maximum absolute atomic E-state index is 12.3. The van der Waals surface area contributed by atoms with E-state index in [2.05, 4.69) is 10.3 Å². The number of carboxylic acids is 1. The van der Waals surface area contributed by atoms with Crippen LogP contribution in [0.25, 0.3) is 11.0 Å². The van der Waals surface area contributed by atoms with Crippen LogP contribution in [0, 0.1) is 13.8 Å². The van der Waals surface area contributed by atoms with Gasteiger partial charge in [-0.15, -0.1) is 0 Å². The number of aryl methyl sites for hydroxylation is 2. The zero-order chi connectivity index (χ0) is 17.3. The maximum Gasteiger partial charge on any atom is 0.335 e. The Balaban J connectivity index is 1.78. The highest BCUT2D eigenvalue weighted by molar-refractivity contribution is 5.94. The summed E-state index contributed by atoms with van der Waals surface area (Å²) in [5, 5.41) is 11.8. The van der Waals surface area contributed by atoms with Crippen molar-refractivity contribution in [3.63, 3.8) is 0 Å². The number of aromatic carboxylic acids is 1. The molecule has 6 heteroatoms. The number of imidazole rings is 1. The van der Waals surface area contributed by atoms with Crippen molar-refractivity contribution in [1.82, 2.24) is 9.55 Å². The standard InChI is InChI=1S/C18H17N3O3/c1-11-4-3-5-15-17(11)21(10-19-15)9-16(22)20-13-6-7-14(18(23)24)12(2)8-13/h3-8,10H,9H2,1-2H3,(H,20,22)(H,23,24). The molecule has 1 heterocycles. The first-order chi connectivity index (χ1) is 11.5. The molecule has 1 aromatic heterocycles. The molecule has 0 fully saturated rings. The Labute approximate surface area is 138 Å². The topological polar surface area (TPSA) is 84.2 Å². The summed E-state index contributed by atoms with van der Waals surface area (Å²) in [7, 11) is 0. The van der Waals surface area contributed by atoms with Gasteiger partial charge in [-0.3, -0.25) is 4.79 Å². The molecule has 6 nitrogen and oxygen atoms in total. The largest absolute Gasteiger partial charge is 0.478 e. The van der Waals surface area contributed by atoms with Gasteiger partial charge in [-0.25, -0.2) is 9.78 Å². The summed E-state index contributed by atoms with van der Waals surface area (Å²) in [5.41, 5.74) is 4.24. The molecule has 122 valence electrons. The van der Waals surface area contributed by atoms with Crippen LogP contribution in [-0.2, 0) is 11.3 Å². The Hall–Kier alpha value is -3.15. The third kappa shape index (κ3) is 2.99. The van der Waals surface area contributed by atoms with Gasteiger partial charge in [0, 0.05) is 5.69 Å². The summed E-state index contributed by atoms with van der Waals surface area (Å²) in [6.07, 6.45) is 1.65. The number of hydrogen-bond acceptors (Lipinski definition) is 3. The Morgan fingerprint density at radius 3 is 2.67 bits per heavy atom. The normalized spacial score (nSPS) is 10.8. The van der Waals surface area contributed by atoms with E-state index in [1.165, 1.54) is 6.07 Å². The molecular formula is C18H17N3O3. The van der Waals surface area contributed by atoms with E-state index in [-0.39, 0.29) is 18.0 Å². The molecule has 0 atom stereocenters. The number of carboxylic acid groups (broad SMARTS) is 1. The molecule has 3 aromatic rings. The highest BCUT2D eigenvalue weighted by Crippen LogP contribution is 2.18. The lowest BCUT2D eigenvalue weighted by Crippen LogP contribution is -2.18. The molecule has 2 N–H and O–H groups in total. The molecule has 3 rings (SSSR count). The minimum Gasteiger partial charge on any atom is -0.478 e. The highest BCUT2D eigenvalue weighted by Gasteiger charge is 2.11. The number of carbonyl (C=O) groups is 2. The first-order valence-electron chi connectivity index (χ1n) is 7.50. The summed E-state index contributed by atoms with van der Waals surface area (Å²) >= 11 is 0. The number of nitrogens with zero attached hydrogens (tertiary/aromatic N) is 2. The van der Waals surface area contributed by atoms with Gasteiger partial charge in [-0.05, 0) is 49.2 Å². The fraction of sp³-hybridized carbons (Fsp3) is 0.167. The Morgan fingerprint density at radius 2 is 1.96 bits per heavy atom. The lowest BCUT2D eigenvalue weighted by atomic mass is 10.1. The number of rotatable bonds is 4. The molecule has 0 saturated heterocycles. The second-order valence-corrected chi connectivity index (χ2v) is 5.70. The molecule has 0 aliphatic rings. The minimum absolute atomic E-state index is 0.140. The Kier molecular flexibility index (Phi) is 4.04. The maximum atomic E-state index is 12.3. The summed E-state index contributed by atoms with van der Waals surface area (Å²) in [4.78, 5) is 27.6. The van der Waals surface area contributed by atoms with Crippen LogP contribution in [0.2, 0.25) is 0 Å². The number of amides is 1. The number of nitrogens with one attached hydrogen (secondary N) is 1. The van der Waals surface area contributed by atoms with Gasteiger partial charge in [0.25, 0.3) is 0 Å². The summed E-state index contributed by atoms with van der Waals surface area (Å²) in [6, 6.07) is 10.5. The van der Waals surface area contributed by atoms with Crippen LogP contribution >= 0.6 is 0 Å². The van der Waals surface area contributed by atoms with Gasteiger partial charge in [0.1, 0.15) is 6.54 Å². The first kappa shape index (κ1) is 15.7. The summed E-state index contributed by atoms with van der Waals surface area (Å²) in [5.74, 6) is -1.18. The van der Waals surface area contributed by atoms with Crippen LogP contribution in [0.4, 0.5) is 5.69 Å². The van der Waals surface area contributed by atoms with Crippen LogP contribution in [0.3, 0.4) is 0 Å². The van der Waals surface area contributed by atoms with Gasteiger partial charge >= 0.3 is 5.97 Å². The fourth-order valence-electron chi connectivity index (χ4n) is 2.77. The van der Waals surface area contributed by atoms with Gasteiger partial charge in [-0.1, -0.05) is 12.1 Å². The van der Waals surface area contributed by atoms with Crippen molar-refractivity contribution in [3.05, 3.63) is 59.4 Å². The van der Waals surface area contributed by atoms with E-state index >= 15 is 0 Å². The SMILES string of the molecule is Cc1cc(NC(=O)Cn2cnc3cccc(C)c32)ccc1C(=O)O. The molecule has 24 heavy (non-hydrogen) atoms. The van der Waals surface area contributed by atoms with E-state index in [1.54, 1.807) is 30.0 Å². The molecule has 0 spiro atoms. The molecule has 0 saturated carbocycles. The number of para-hydroxylation sites is 1. The zero-order valence-electron chi connectivity index (χ0n) is 13.4. The number of benzene rings is 2. The number of aromatic nitrogens is 2. The lowest BCUT2D eigenvalue weighted by Gasteiger charge is -2.09. The molecule has 1 amide bonds. The molecule has 0 radical (unpaired) electrons. The zero-order valence-corrected chi connectivity index (χ0v) is 13.4. The number of fused-ring (bicyclic) bond motifs is 1. The first-order valence-corrected chi connectivity index (χ1v) is 7.50. The van der Waals surface area contributed by atoms with Crippen LogP contribution in [0.5, 0.6) is 0 Å². The molecule has 0 unspecified atom stereocenters. The predicted octanol–water partition coefficient (Wildman–Crippen LogP) is 2.99. The smallest absolute Gasteiger partial charge is 0.335 e. The van der Waals surface area contributed by atoms with Crippen molar-refractivity contribution in [2.75, 3.05) is 5.32 Å². The molecular weight excluding hydrogens is 306 g/mol. The van der Waals surface area contributed by atoms with Crippen LogP contribution in [0.1, 0.15) is 21.5 Å². The van der Waals surface area contributed by atoms with Crippen molar-refractivity contribution < 1.29 is 14.7 Å². The Morgan fingerprint density at radius 1 is 1.17 bits per heavy atom. The number of anilines is 1. The second-order valence-electron chi connectivity index (χ2n) is 5.70. The van der Waals surface area contributed by atoms with E-state index < -0.39 is 5.97 Å². The predicted molar refractivity (Wildman–Crippen MR) is 91.2 cm³/mol. The van der Waals surface area contributed by atoms with Gasteiger partial charge < -0.3 is 15.0 Å². The second kappa shape index (κ2) is 6.16. The third-order valence-electron chi connectivity index (χ3n) is 3.89. The third-order valence-corrected chi connectivity index (χ3v) is 3.89. The number of carbonyl (C=O) groups excluding carboxylic acids is 1. The summed E-state index contributed by atoms with van der Waals surface area (Å²) in [6.45, 7) is 3.82. The van der Waals surface area contributed by atoms with Crippen LogP contribution < -0.4 is 5.32 Å². The van der Waals surface area contributed by atoms with Crippen LogP contribution in [0.15, 0.2) is 42.7 Å². The number of hydrogen-bond donors (Lipinski definition) is 2. The quantitative estimate of drug-likeness (QED) is 0.773. The average molecular weight is 323 g/mol. The van der Waals surface area contributed by atoms with Gasteiger partial charge in [0.15, 0.2) is 0 Å². The van der Waals surface area contributed by atoms with Crippen molar-refractivity contribution in [2.45, 2.75) is 20.4 Å². The van der Waals surface area contributed by atoms with E-state index in [0.717, 1.165) is 16.6 Å². The van der Waals surface area contributed by atoms with Gasteiger partial charge in [-0.2, -0.15) is 0 Å². The van der Waals surface area contributed by atoms with E-state index in [9.17, 15) is 9.59 Å². The average Bonchev–Trinajstić information content (AvgIpc) is 2.91.